The normalized spacial score (nSPS) is 13.9. The highest BCUT2D eigenvalue weighted by molar-refractivity contribution is 6.32. The molecule has 0 saturated heterocycles. The molecule has 2 atom stereocenters. The van der Waals surface area contributed by atoms with Crippen molar-refractivity contribution in [2.75, 3.05) is 14.2 Å². The van der Waals surface area contributed by atoms with Crippen molar-refractivity contribution in [2.24, 2.45) is 0 Å². The molecule has 22 heavy (non-hydrogen) atoms. The van der Waals surface area contributed by atoms with Crippen LogP contribution in [0.3, 0.4) is 0 Å². The van der Waals surface area contributed by atoms with Gasteiger partial charge in [-0.1, -0.05) is 41.4 Å². The van der Waals surface area contributed by atoms with Crippen molar-refractivity contribution >= 4 is 11.6 Å². The lowest BCUT2D eigenvalue weighted by molar-refractivity contribution is 0.109. The van der Waals surface area contributed by atoms with Gasteiger partial charge in [-0.15, -0.1) is 0 Å². The Labute approximate surface area is 136 Å². The molecule has 1 aromatic carbocycles. The fraction of sp³-hybridized carbons (Fsp3) is 0.412. The van der Waals surface area contributed by atoms with Crippen LogP contribution in [0.15, 0.2) is 24.3 Å². The van der Waals surface area contributed by atoms with Crippen molar-refractivity contribution in [1.29, 1.82) is 0 Å². The second kappa shape index (κ2) is 7.18. The van der Waals surface area contributed by atoms with Crippen LogP contribution in [-0.2, 0) is 9.47 Å². The second-order valence-electron chi connectivity index (χ2n) is 5.25. The molecule has 0 spiro atoms. The largest absolute Gasteiger partial charge is 0.375 e. The minimum absolute atomic E-state index is 0.220. The summed E-state index contributed by atoms with van der Waals surface area (Å²) in [4.78, 5) is 9.19. The molecular weight excluding hydrogens is 300 g/mol. The van der Waals surface area contributed by atoms with Gasteiger partial charge in [-0.3, -0.25) is 0 Å². The first kappa shape index (κ1) is 16.9. The van der Waals surface area contributed by atoms with E-state index in [4.69, 9.17) is 21.1 Å². The van der Waals surface area contributed by atoms with Crippen molar-refractivity contribution in [3.63, 3.8) is 0 Å². The van der Waals surface area contributed by atoms with Gasteiger partial charge in [-0.25, -0.2) is 9.97 Å². The predicted molar refractivity (Wildman–Crippen MR) is 88.1 cm³/mol. The monoisotopic (exact) mass is 320 g/mol. The minimum atomic E-state index is -0.220. The summed E-state index contributed by atoms with van der Waals surface area (Å²) in [5, 5.41) is 0.500. The van der Waals surface area contributed by atoms with Crippen LogP contribution >= 0.6 is 11.6 Å². The van der Waals surface area contributed by atoms with Gasteiger partial charge >= 0.3 is 0 Å². The summed E-state index contributed by atoms with van der Waals surface area (Å²) in [5.74, 6) is 0.627. The number of hydrogen-bond donors (Lipinski definition) is 0. The number of rotatable bonds is 5. The first-order valence-corrected chi connectivity index (χ1v) is 7.55. The van der Waals surface area contributed by atoms with Gasteiger partial charge in [0.1, 0.15) is 0 Å². The van der Waals surface area contributed by atoms with Crippen molar-refractivity contribution < 1.29 is 9.47 Å². The number of hydrogen-bond acceptors (Lipinski definition) is 4. The lowest BCUT2D eigenvalue weighted by Gasteiger charge is -2.18. The van der Waals surface area contributed by atoms with E-state index >= 15 is 0 Å². The smallest absolute Gasteiger partial charge is 0.159 e. The topological polar surface area (TPSA) is 44.2 Å². The molecular formula is C17H21ClN2O2. The molecule has 1 heterocycles. The van der Waals surface area contributed by atoms with Gasteiger partial charge in [0.2, 0.25) is 0 Å². The maximum absolute atomic E-state index is 6.46. The molecule has 0 bridgehead atoms. The molecule has 0 radical (unpaired) electrons. The average Bonchev–Trinajstić information content (AvgIpc) is 2.54. The Morgan fingerprint density at radius 3 is 1.77 bits per heavy atom. The molecule has 0 aliphatic carbocycles. The van der Waals surface area contributed by atoms with Crippen molar-refractivity contribution in [2.45, 2.75) is 33.0 Å². The summed E-state index contributed by atoms with van der Waals surface area (Å²) >= 11 is 6.46. The first-order valence-electron chi connectivity index (χ1n) is 7.17. The molecule has 2 unspecified atom stereocenters. The Morgan fingerprint density at radius 1 is 0.909 bits per heavy atom. The summed E-state index contributed by atoms with van der Waals surface area (Å²) in [6.07, 6.45) is -0.440. The second-order valence-corrected chi connectivity index (χ2v) is 5.63. The Morgan fingerprint density at radius 2 is 1.36 bits per heavy atom. The number of benzene rings is 1. The number of halogens is 1. The third kappa shape index (κ3) is 3.46. The standard InChI is InChI=1S/C17H21ClN2O2/c1-10-6-8-13(9-7-10)17-19-15(11(2)21-4)14(18)16(20-17)12(3)22-5/h6-9,11-12H,1-5H3. The van der Waals surface area contributed by atoms with E-state index in [-0.39, 0.29) is 12.2 Å². The average molecular weight is 321 g/mol. The Bertz CT molecular complexity index is 613. The number of aryl methyl sites for hydroxylation is 1. The Hall–Kier alpha value is -1.49. The van der Waals surface area contributed by atoms with E-state index in [0.717, 1.165) is 5.56 Å². The fourth-order valence-corrected chi connectivity index (χ4v) is 2.47. The molecule has 118 valence electrons. The number of methoxy groups -OCH3 is 2. The van der Waals surface area contributed by atoms with E-state index in [1.54, 1.807) is 14.2 Å². The summed E-state index contributed by atoms with van der Waals surface area (Å²) < 4.78 is 10.8. The molecule has 1 aromatic heterocycles. The van der Waals surface area contributed by atoms with Gasteiger partial charge in [-0.2, -0.15) is 0 Å². The van der Waals surface area contributed by atoms with Crippen molar-refractivity contribution in [1.82, 2.24) is 9.97 Å². The summed E-state index contributed by atoms with van der Waals surface area (Å²) in [7, 11) is 3.27. The molecule has 5 heteroatoms. The fourth-order valence-electron chi connectivity index (χ4n) is 2.08. The highest BCUT2D eigenvalue weighted by Gasteiger charge is 2.21. The van der Waals surface area contributed by atoms with E-state index in [2.05, 4.69) is 9.97 Å². The molecule has 4 nitrogen and oxygen atoms in total. The van der Waals surface area contributed by atoms with E-state index in [1.807, 2.05) is 45.0 Å². The predicted octanol–water partition coefficient (Wildman–Crippen LogP) is 4.52. The zero-order valence-corrected chi connectivity index (χ0v) is 14.3. The Balaban J connectivity index is 2.61. The van der Waals surface area contributed by atoms with Crippen LogP contribution < -0.4 is 0 Å². The van der Waals surface area contributed by atoms with Gasteiger partial charge in [0, 0.05) is 19.8 Å². The highest BCUT2D eigenvalue weighted by Crippen LogP contribution is 2.32. The number of nitrogens with zero attached hydrogens (tertiary/aromatic N) is 2. The van der Waals surface area contributed by atoms with Gasteiger partial charge in [0.25, 0.3) is 0 Å². The summed E-state index contributed by atoms with van der Waals surface area (Å²) in [6, 6.07) is 8.07. The molecule has 2 aromatic rings. The van der Waals surface area contributed by atoms with Crippen LogP contribution in [0.5, 0.6) is 0 Å². The van der Waals surface area contributed by atoms with Gasteiger partial charge in [-0.05, 0) is 20.8 Å². The molecule has 0 amide bonds. The van der Waals surface area contributed by atoms with Crippen LogP contribution in [0.1, 0.15) is 43.0 Å². The maximum atomic E-state index is 6.46. The molecule has 0 N–H and O–H groups in total. The lowest BCUT2D eigenvalue weighted by Crippen LogP contribution is -2.10. The van der Waals surface area contributed by atoms with Crippen LogP contribution in [0.4, 0.5) is 0 Å². The van der Waals surface area contributed by atoms with Crippen LogP contribution in [-0.4, -0.2) is 24.2 Å². The first-order chi connectivity index (χ1) is 10.5. The maximum Gasteiger partial charge on any atom is 0.159 e. The van der Waals surface area contributed by atoms with Crippen LogP contribution in [0.25, 0.3) is 11.4 Å². The van der Waals surface area contributed by atoms with Gasteiger partial charge < -0.3 is 9.47 Å². The SMILES string of the molecule is COC(C)c1nc(-c2ccc(C)cc2)nc(C(C)OC)c1Cl. The number of ether oxygens (including phenoxy) is 2. The molecule has 0 aliphatic heterocycles. The van der Waals surface area contributed by atoms with E-state index in [1.165, 1.54) is 5.56 Å². The number of aromatic nitrogens is 2. The lowest BCUT2D eigenvalue weighted by atomic mass is 10.1. The third-order valence-corrected chi connectivity index (χ3v) is 4.08. The zero-order chi connectivity index (χ0) is 16.3. The summed E-state index contributed by atoms with van der Waals surface area (Å²) in [6.45, 7) is 5.87. The quantitative estimate of drug-likeness (QED) is 0.812. The van der Waals surface area contributed by atoms with E-state index in [9.17, 15) is 0 Å². The Kier molecular flexibility index (Phi) is 5.51. The minimum Gasteiger partial charge on any atom is -0.375 e. The highest BCUT2D eigenvalue weighted by atomic mass is 35.5. The summed E-state index contributed by atoms with van der Waals surface area (Å²) in [5.41, 5.74) is 3.48. The molecule has 0 aliphatic rings. The molecule has 0 saturated carbocycles. The van der Waals surface area contributed by atoms with E-state index < -0.39 is 0 Å². The van der Waals surface area contributed by atoms with E-state index in [0.29, 0.717) is 22.2 Å². The van der Waals surface area contributed by atoms with Gasteiger partial charge in [0.15, 0.2) is 5.82 Å². The molecule has 0 fully saturated rings. The van der Waals surface area contributed by atoms with Gasteiger partial charge in [0.05, 0.1) is 28.6 Å². The molecule has 2 rings (SSSR count). The third-order valence-electron chi connectivity index (χ3n) is 3.69. The van der Waals surface area contributed by atoms with Crippen molar-refractivity contribution in [3.8, 4) is 11.4 Å². The zero-order valence-electron chi connectivity index (χ0n) is 13.6. The van der Waals surface area contributed by atoms with Crippen LogP contribution in [0.2, 0.25) is 5.02 Å². The van der Waals surface area contributed by atoms with Crippen molar-refractivity contribution in [3.05, 3.63) is 46.2 Å². The van der Waals surface area contributed by atoms with Crippen LogP contribution in [0, 0.1) is 6.92 Å².